The van der Waals surface area contributed by atoms with E-state index in [1.165, 1.54) is 48.1 Å². The number of benzene rings is 1. The molecule has 1 nitrogen and oxygen atoms in total. The molecule has 1 aliphatic rings. The van der Waals surface area contributed by atoms with E-state index in [4.69, 9.17) is 0 Å². The fraction of sp³-hybridized carbons (Fsp3) is 0.500. The zero-order valence-electron chi connectivity index (χ0n) is 8.59. The first-order valence-corrected chi connectivity index (χ1v) is 6.08. The van der Waals surface area contributed by atoms with Crippen LogP contribution < -0.4 is 4.90 Å². The molecule has 1 fully saturated rings. The summed E-state index contributed by atoms with van der Waals surface area (Å²) in [6.07, 6.45) is 4.07. The lowest BCUT2D eigenvalue weighted by atomic mass is 10.1. The second-order valence-electron chi connectivity index (χ2n) is 3.93. The van der Waals surface area contributed by atoms with Crippen LogP contribution in [0.15, 0.2) is 22.7 Å². The summed E-state index contributed by atoms with van der Waals surface area (Å²) in [4.78, 5) is 2.50. The first-order valence-electron chi connectivity index (χ1n) is 5.29. The van der Waals surface area contributed by atoms with E-state index < -0.39 is 0 Å². The van der Waals surface area contributed by atoms with Crippen molar-refractivity contribution in [1.29, 1.82) is 0 Å². The summed E-state index contributed by atoms with van der Waals surface area (Å²) in [5, 5.41) is 0. The Morgan fingerprint density at radius 3 is 2.57 bits per heavy atom. The molecule has 1 saturated heterocycles. The van der Waals surface area contributed by atoms with Gasteiger partial charge in [0.25, 0.3) is 0 Å². The minimum absolute atomic E-state index is 1.22. The molecule has 0 atom stereocenters. The lowest BCUT2D eigenvalue weighted by Crippen LogP contribution is -2.29. The Labute approximate surface area is 94.2 Å². The van der Waals surface area contributed by atoms with E-state index in [0.29, 0.717) is 0 Å². The van der Waals surface area contributed by atoms with Crippen molar-refractivity contribution in [1.82, 2.24) is 0 Å². The molecule has 0 aliphatic carbocycles. The molecule has 0 spiro atoms. The van der Waals surface area contributed by atoms with Gasteiger partial charge in [0.15, 0.2) is 0 Å². The van der Waals surface area contributed by atoms with Gasteiger partial charge >= 0.3 is 0 Å². The van der Waals surface area contributed by atoms with Crippen molar-refractivity contribution in [2.24, 2.45) is 0 Å². The third-order valence-electron chi connectivity index (χ3n) is 2.94. The second-order valence-corrected chi connectivity index (χ2v) is 4.79. The Hall–Kier alpha value is -0.500. The van der Waals surface area contributed by atoms with Crippen LogP contribution in [0.1, 0.15) is 24.8 Å². The van der Waals surface area contributed by atoms with Crippen molar-refractivity contribution in [2.45, 2.75) is 26.2 Å². The smallest absolute Gasteiger partial charge is 0.0407 e. The van der Waals surface area contributed by atoms with Gasteiger partial charge in [-0.1, -0.05) is 22.0 Å². The number of anilines is 1. The molecule has 1 aromatic carbocycles. The molecular formula is C12H16BrN. The van der Waals surface area contributed by atoms with E-state index in [0.717, 1.165) is 0 Å². The van der Waals surface area contributed by atoms with Crippen molar-refractivity contribution in [3.63, 3.8) is 0 Å². The quantitative estimate of drug-likeness (QED) is 0.737. The number of hydrogen-bond donors (Lipinski definition) is 0. The highest BCUT2D eigenvalue weighted by atomic mass is 79.9. The van der Waals surface area contributed by atoms with Crippen LogP contribution in [0.2, 0.25) is 0 Å². The summed E-state index contributed by atoms with van der Waals surface area (Å²) in [6.45, 7) is 4.63. The van der Waals surface area contributed by atoms with E-state index in [2.05, 4.69) is 46.0 Å². The molecule has 1 aromatic rings. The highest BCUT2D eigenvalue weighted by Gasteiger charge is 2.13. The molecule has 0 N–H and O–H groups in total. The highest BCUT2D eigenvalue weighted by molar-refractivity contribution is 9.10. The number of piperidine rings is 1. The standard InChI is InChI=1S/C12H16BrN/c1-10-11(13)6-5-7-12(10)14-8-3-2-4-9-14/h5-7H,2-4,8-9H2,1H3. The third-order valence-corrected chi connectivity index (χ3v) is 3.79. The van der Waals surface area contributed by atoms with Gasteiger partial charge in [-0.2, -0.15) is 0 Å². The predicted molar refractivity (Wildman–Crippen MR) is 64.9 cm³/mol. The van der Waals surface area contributed by atoms with Crippen LogP contribution in [0.5, 0.6) is 0 Å². The summed E-state index contributed by atoms with van der Waals surface area (Å²) in [5.74, 6) is 0. The predicted octanol–water partition coefficient (Wildman–Crippen LogP) is 3.75. The maximum absolute atomic E-state index is 3.59. The molecule has 0 unspecified atom stereocenters. The number of hydrogen-bond acceptors (Lipinski definition) is 1. The molecule has 0 aromatic heterocycles. The van der Waals surface area contributed by atoms with E-state index >= 15 is 0 Å². The molecule has 0 amide bonds. The Morgan fingerprint density at radius 2 is 1.86 bits per heavy atom. The third kappa shape index (κ3) is 1.95. The van der Waals surface area contributed by atoms with Gasteiger partial charge in [-0.15, -0.1) is 0 Å². The van der Waals surface area contributed by atoms with E-state index in [9.17, 15) is 0 Å². The molecule has 1 heterocycles. The van der Waals surface area contributed by atoms with Gasteiger partial charge in [0.2, 0.25) is 0 Å². The average Bonchev–Trinajstić information content (AvgIpc) is 2.23. The molecule has 2 rings (SSSR count). The minimum atomic E-state index is 1.22. The molecule has 76 valence electrons. The highest BCUT2D eigenvalue weighted by Crippen LogP contribution is 2.28. The number of halogens is 1. The van der Waals surface area contributed by atoms with E-state index in [1.807, 2.05) is 0 Å². The monoisotopic (exact) mass is 253 g/mol. The second kappa shape index (κ2) is 4.35. The Balaban J connectivity index is 2.26. The molecule has 0 radical (unpaired) electrons. The van der Waals surface area contributed by atoms with Crippen molar-refractivity contribution >= 4 is 21.6 Å². The zero-order chi connectivity index (χ0) is 9.97. The summed E-state index contributed by atoms with van der Waals surface area (Å²) < 4.78 is 1.22. The zero-order valence-corrected chi connectivity index (χ0v) is 10.2. The molecule has 0 saturated carbocycles. The summed E-state index contributed by atoms with van der Waals surface area (Å²) >= 11 is 3.59. The molecule has 14 heavy (non-hydrogen) atoms. The molecule has 0 bridgehead atoms. The number of rotatable bonds is 1. The van der Waals surface area contributed by atoms with Crippen LogP contribution >= 0.6 is 15.9 Å². The lowest BCUT2D eigenvalue weighted by Gasteiger charge is -2.30. The lowest BCUT2D eigenvalue weighted by molar-refractivity contribution is 0.577. The maximum Gasteiger partial charge on any atom is 0.0407 e. The van der Waals surface area contributed by atoms with Gasteiger partial charge in [0, 0.05) is 23.2 Å². The van der Waals surface area contributed by atoms with Crippen LogP contribution in [0.25, 0.3) is 0 Å². The average molecular weight is 254 g/mol. The Bertz CT molecular complexity index is 316. The van der Waals surface area contributed by atoms with Gasteiger partial charge in [-0.25, -0.2) is 0 Å². The first kappa shape index (κ1) is 10.0. The van der Waals surface area contributed by atoms with Crippen LogP contribution in [0, 0.1) is 6.92 Å². The SMILES string of the molecule is Cc1c(Br)cccc1N1CCCCC1. The van der Waals surface area contributed by atoms with Gasteiger partial charge in [0.1, 0.15) is 0 Å². The maximum atomic E-state index is 3.59. The fourth-order valence-corrected chi connectivity index (χ4v) is 2.43. The Kier molecular flexibility index (Phi) is 3.12. The van der Waals surface area contributed by atoms with Crippen molar-refractivity contribution in [3.05, 3.63) is 28.2 Å². The fourth-order valence-electron chi connectivity index (χ4n) is 2.07. The topological polar surface area (TPSA) is 3.24 Å². The molecule has 2 heteroatoms. The van der Waals surface area contributed by atoms with Crippen LogP contribution in [-0.4, -0.2) is 13.1 Å². The summed E-state index contributed by atoms with van der Waals surface area (Å²) in [5.41, 5.74) is 2.77. The van der Waals surface area contributed by atoms with Crippen molar-refractivity contribution < 1.29 is 0 Å². The largest absolute Gasteiger partial charge is 0.371 e. The number of nitrogens with zero attached hydrogens (tertiary/aromatic N) is 1. The minimum Gasteiger partial charge on any atom is -0.371 e. The van der Waals surface area contributed by atoms with Crippen LogP contribution in [0.3, 0.4) is 0 Å². The normalized spacial score (nSPS) is 17.1. The van der Waals surface area contributed by atoms with Crippen LogP contribution in [-0.2, 0) is 0 Å². The van der Waals surface area contributed by atoms with Gasteiger partial charge in [0.05, 0.1) is 0 Å². The van der Waals surface area contributed by atoms with E-state index in [-0.39, 0.29) is 0 Å². The van der Waals surface area contributed by atoms with Gasteiger partial charge in [-0.3, -0.25) is 0 Å². The van der Waals surface area contributed by atoms with Crippen molar-refractivity contribution in [2.75, 3.05) is 18.0 Å². The van der Waals surface area contributed by atoms with Gasteiger partial charge in [-0.05, 0) is 43.9 Å². The summed E-state index contributed by atoms with van der Waals surface area (Å²) in [7, 11) is 0. The van der Waals surface area contributed by atoms with E-state index in [1.54, 1.807) is 0 Å². The van der Waals surface area contributed by atoms with Crippen molar-refractivity contribution in [3.8, 4) is 0 Å². The first-order chi connectivity index (χ1) is 6.79. The molecule has 1 aliphatic heterocycles. The van der Waals surface area contributed by atoms with Crippen LogP contribution in [0.4, 0.5) is 5.69 Å². The Morgan fingerprint density at radius 1 is 1.14 bits per heavy atom. The van der Waals surface area contributed by atoms with Gasteiger partial charge < -0.3 is 4.90 Å². The molecular weight excluding hydrogens is 238 g/mol. The summed E-state index contributed by atoms with van der Waals surface area (Å²) in [6, 6.07) is 6.47.